The molecule has 4 rings (SSSR count). The Hall–Kier alpha value is -4.72. The van der Waals surface area contributed by atoms with Gasteiger partial charge in [-0.05, 0) is 61.6 Å². The third-order valence-corrected chi connectivity index (χ3v) is 7.04. The van der Waals surface area contributed by atoms with E-state index in [9.17, 15) is 36.8 Å². The number of amides is 2. The molecule has 2 aliphatic rings. The zero-order valence-corrected chi connectivity index (χ0v) is 23.6. The van der Waals surface area contributed by atoms with Gasteiger partial charge in [0.25, 0.3) is 5.91 Å². The van der Waals surface area contributed by atoms with Crippen molar-refractivity contribution in [3.8, 4) is 11.9 Å². The number of carbonyl (C=O) groups is 2. The number of pyridine rings is 1. The van der Waals surface area contributed by atoms with Crippen LogP contribution in [0.4, 0.5) is 22.0 Å². The summed E-state index contributed by atoms with van der Waals surface area (Å²) in [7, 11) is 0. The van der Waals surface area contributed by atoms with Crippen LogP contribution in [0, 0.1) is 17.2 Å². The van der Waals surface area contributed by atoms with Crippen LogP contribution in [0.1, 0.15) is 48.8 Å². The first-order valence-electron chi connectivity index (χ1n) is 13.0. The molecule has 0 spiro atoms. The molecule has 2 amide bonds. The second-order valence-corrected chi connectivity index (χ2v) is 10.3. The van der Waals surface area contributed by atoms with Crippen LogP contribution < -0.4 is 16.4 Å². The van der Waals surface area contributed by atoms with E-state index >= 15 is 0 Å². The SMILES string of the molecule is CC1=CC(C#N)CC(C(=O)NC2CCC2)=C1NC(=O)c1cc(CN=NN=C(N)C(F)(F)C(F)(F)F)nn1-c1ncccc1Cl. The number of carbonyl (C=O) groups excluding carboxylic acids is 2. The number of halogens is 6. The fourth-order valence-corrected chi connectivity index (χ4v) is 4.43. The third-order valence-electron chi connectivity index (χ3n) is 6.75. The lowest BCUT2D eigenvalue weighted by molar-refractivity contribution is -0.249. The number of allylic oxidation sites excluding steroid dienone is 2. The predicted molar refractivity (Wildman–Crippen MR) is 145 cm³/mol. The topological polar surface area (TPSA) is 176 Å². The van der Waals surface area contributed by atoms with E-state index in [0.29, 0.717) is 5.57 Å². The lowest BCUT2D eigenvalue weighted by atomic mass is 9.87. The first-order valence-corrected chi connectivity index (χ1v) is 13.4. The van der Waals surface area contributed by atoms with Gasteiger partial charge in [-0.15, -0.1) is 5.10 Å². The fourth-order valence-electron chi connectivity index (χ4n) is 4.23. The number of hydrogen-bond donors (Lipinski definition) is 3. The quantitative estimate of drug-likeness (QED) is 0.120. The standard InChI is InChI=1S/C26H24ClF5N10O2/c1-13-8-14(11-33)9-17(22(43)37-15-4-2-5-15)20(13)38-23(44)19-10-16(40-42(19)21-18(27)6-3-7-35-21)12-36-41-39-24(34)25(28,29)26(30,31)32/h3,6-8,10,14-15H,2,4-5,9,12H2,1H3,(H,37,43)(H,38,44)(H2,34,36,39). The monoisotopic (exact) mass is 638 g/mol. The predicted octanol–water partition coefficient (Wildman–Crippen LogP) is 4.49. The minimum atomic E-state index is -5.98. The van der Waals surface area contributed by atoms with Crippen LogP contribution >= 0.6 is 11.6 Å². The molecule has 1 fully saturated rings. The molecule has 2 aromatic heterocycles. The van der Waals surface area contributed by atoms with Crippen LogP contribution in [0.2, 0.25) is 5.02 Å². The van der Waals surface area contributed by atoms with Gasteiger partial charge < -0.3 is 16.4 Å². The van der Waals surface area contributed by atoms with Gasteiger partial charge in [-0.25, -0.2) is 9.67 Å². The number of nitrogens with zero attached hydrogens (tertiary/aromatic N) is 7. The molecular formula is C26H24ClF5N10O2. The Labute approximate surface area is 251 Å². The molecule has 1 saturated carbocycles. The molecular weight excluding hydrogens is 615 g/mol. The summed E-state index contributed by atoms with van der Waals surface area (Å²) in [5.74, 6) is -9.26. The van der Waals surface area contributed by atoms with Gasteiger partial charge in [0, 0.05) is 17.8 Å². The van der Waals surface area contributed by atoms with E-state index < -0.39 is 42.2 Å². The van der Waals surface area contributed by atoms with Crippen molar-refractivity contribution in [1.82, 2.24) is 25.4 Å². The summed E-state index contributed by atoms with van der Waals surface area (Å²) in [6, 6.07) is 6.36. The largest absolute Gasteiger partial charge is 0.461 e. The molecule has 0 aliphatic heterocycles. The number of nitrogens with one attached hydrogen (secondary N) is 2. The highest BCUT2D eigenvalue weighted by Gasteiger charge is 2.61. The van der Waals surface area contributed by atoms with Crippen molar-refractivity contribution in [2.75, 3.05) is 0 Å². The first kappa shape index (κ1) is 32.2. The van der Waals surface area contributed by atoms with Gasteiger partial charge in [0.2, 0.25) is 11.7 Å². The number of nitrogens with two attached hydrogens (primary N) is 1. The average Bonchev–Trinajstić information content (AvgIpc) is 3.37. The van der Waals surface area contributed by atoms with E-state index in [-0.39, 0.29) is 46.0 Å². The van der Waals surface area contributed by atoms with Crippen molar-refractivity contribution in [3.05, 3.63) is 63.7 Å². The zero-order valence-electron chi connectivity index (χ0n) is 22.9. The maximum atomic E-state index is 13.6. The Kier molecular flexibility index (Phi) is 9.42. The molecule has 232 valence electrons. The van der Waals surface area contributed by atoms with Gasteiger partial charge in [0.05, 0.1) is 28.4 Å². The maximum Gasteiger partial charge on any atom is 0.461 e. The minimum absolute atomic E-state index is 0.00234. The molecule has 44 heavy (non-hydrogen) atoms. The number of aromatic nitrogens is 3. The van der Waals surface area contributed by atoms with Crippen molar-refractivity contribution >= 4 is 29.3 Å². The average molecular weight is 639 g/mol. The molecule has 0 aromatic carbocycles. The molecule has 1 unspecified atom stereocenters. The van der Waals surface area contributed by atoms with E-state index in [0.717, 1.165) is 23.9 Å². The molecule has 18 heteroatoms. The van der Waals surface area contributed by atoms with E-state index in [1.54, 1.807) is 13.0 Å². The van der Waals surface area contributed by atoms with Crippen molar-refractivity contribution in [2.24, 2.45) is 27.1 Å². The summed E-state index contributed by atoms with van der Waals surface area (Å²) in [5.41, 5.74) is 5.49. The Morgan fingerprint density at radius 2 is 1.98 bits per heavy atom. The van der Waals surface area contributed by atoms with Gasteiger partial charge >= 0.3 is 12.1 Å². The normalized spacial score (nSPS) is 18.1. The molecule has 4 N–H and O–H groups in total. The van der Waals surface area contributed by atoms with E-state index in [2.05, 4.69) is 42.2 Å². The molecule has 0 saturated heterocycles. The second-order valence-electron chi connectivity index (χ2n) is 9.89. The maximum absolute atomic E-state index is 13.6. The van der Waals surface area contributed by atoms with Gasteiger partial charge in [0.1, 0.15) is 12.2 Å². The smallest absolute Gasteiger partial charge is 0.380 e. The highest BCUT2D eigenvalue weighted by molar-refractivity contribution is 6.32. The van der Waals surface area contributed by atoms with Crippen LogP contribution in [0.3, 0.4) is 0 Å². The van der Waals surface area contributed by atoms with Crippen LogP contribution in [0.25, 0.3) is 5.82 Å². The van der Waals surface area contributed by atoms with Crippen LogP contribution in [-0.2, 0) is 11.3 Å². The Morgan fingerprint density at radius 1 is 1.25 bits per heavy atom. The van der Waals surface area contributed by atoms with Gasteiger partial charge in [-0.1, -0.05) is 17.7 Å². The van der Waals surface area contributed by atoms with E-state index in [4.69, 9.17) is 17.3 Å². The number of amidine groups is 1. The molecule has 2 aliphatic carbocycles. The number of rotatable bonds is 9. The molecule has 0 bridgehead atoms. The van der Waals surface area contributed by atoms with Crippen LogP contribution in [0.5, 0.6) is 0 Å². The summed E-state index contributed by atoms with van der Waals surface area (Å²) in [6.07, 6.45) is -0.278. The van der Waals surface area contributed by atoms with Gasteiger partial charge in [-0.3, -0.25) is 9.59 Å². The number of nitriles is 1. The second kappa shape index (κ2) is 12.9. The highest BCUT2D eigenvalue weighted by Crippen LogP contribution is 2.35. The van der Waals surface area contributed by atoms with Gasteiger partial charge in [0.15, 0.2) is 5.82 Å². The van der Waals surface area contributed by atoms with Crippen molar-refractivity contribution < 1.29 is 31.5 Å². The number of alkyl halides is 5. The first-order chi connectivity index (χ1) is 20.7. The Morgan fingerprint density at radius 3 is 2.59 bits per heavy atom. The molecule has 2 aromatic rings. The fraction of sp³-hybridized carbons (Fsp3) is 0.385. The minimum Gasteiger partial charge on any atom is -0.380 e. The van der Waals surface area contributed by atoms with Crippen LogP contribution in [0.15, 0.2) is 62.8 Å². The summed E-state index contributed by atoms with van der Waals surface area (Å²) >= 11 is 6.27. The zero-order chi connectivity index (χ0) is 32.2. The molecule has 12 nitrogen and oxygen atoms in total. The summed E-state index contributed by atoms with van der Waals surface area (Å²) < 4.78 is 64.9. The molecule has 2 heterocycles. The number of hydrogen-bond acceptors (Lipinski definition) is 7. The molecule has 0 radical (unpaired) electrons. The summed E-state index contributed by atoms with van der Waals surface area (Å²) in [6.45, 7) is 1.12. The highest BCUT2D eigenvalue weighted by atomic mass is 35.5. The lowest BCUT2D eigenvalue weighted by Crippen LogP contribution is -2.48. The van der Waals surface area contributed by atoms with Crippen LogP contribution in [-0.4, -0.2) is 50.6 Å². The lowest BCUT2D eigenvalue weighted by Gasteiger charge is -2.29. The van der Waals surface area contributed by atoms with Crippen molar-refractivity contribution in [2.45, 2.75) is 57.3 Å². The summed E-state index contributed by atoms with van der Waals surface area (Å²) in [4.78, 5) is 30.9. The Bertz CT molecular complexity index is 1620. The van der Waals surface area contributed by atoms with E-state index in [1.807, 2.05) is 0 Å². The Balaban J connectivity index is 1.65. The van der Waals surface area contributed by atoms with E-state index in [1.165, 1.54) is 24.4 Å². The summed E-state index contributed by atoms with van der Waals surface area (Å²) in [5, 5.41) is 28.4. The molecule has 1 atom stereocenters. The van der Waals surface area contributed by atoms with Crippen molar-refractivity contribution in [3.63, 3.8) is 0 Å². The third kappa shape index (κ3) is 6.91. The van der Waals surface area contributed by atoms with Crippen molar-refractivity contribution in [1.29, 1.82) is 5.26 Å². The van der Waals surface area contributed by atoms with Gasteiger partial charge in [-0.2, -0.15) is 37.4 Å².